The number of rotatable bonds is 6. The van der Waals surface area contributed by atoms with Crippen LogP contribution in [-0.4, -0.2) is 9.97 Å². The summed E-state index contributed by atoms with van der Waals surface area (Å²) in [4.78, 5) is 10.6. The van der Waals surface area contributed by atoms with Crippen molar-refractivity contribution in [3.8, 4) is 112 Å². The molecule has 0 saturated heterocycles. The van der Waals surface area contributed by atoms with Crippen molar-refractivity contribution in [1.82, 2.24) is 9.97 Å². The molecule has 0 fully saturated rings. The molecule has 13 aromatic rings. The fourth-order valence-electron chi connectivity index (χ4n) is 11.3. The molecule has 2 aromatic heterocycles. The maximum absolute atomic E-state index is 6.46. The van der Waals surface area contributed by atoms with E-state index in [1.165, 1.54) is 77.2 Å². The van der Waals surface area contributed by atoms with Crippen molar-refractivity contribution in [2.75, 3.05) is 0 Å². The molecule has 0 N–H and O–H groups in total. The predicted molar refractivity (Wildman–Crippen MR) is 286 cm³/mol. The Morgan fingerprint density at radius 3 is 1.26 bits per heavy atom. The minimum atomic E-state index is 0.689. The van der Waals surface area contributed by atoms with Gasteiger partial charge in [0.15, 0.2) is 5.82 Å². The first-order chi connectivity index (χ1) is 34.1. The van der Waals surface area contributed by atoms with Crippen LogP contribution in [0.1, 0.15) is 0 Å². The minimum Gasteiger partial charge on any atom is -0.456 e. The number of hydrogen-bond donors (Lipinski definition) is 0. The maximum atomic E-state index is 6.46. The molecule has 0 atom stereocenters. The van der Waals surface area contributed by atoms with E-state index in [1.54, 1.807) is 0 Å². The molecule has 3 nitrogen and oxygen atoms in total. The summed E-state index contributed by atoms with van der Waals surface area (Å²) in [6.45, 7) is 0. The number of benzene rings is 11. The minimum absolute atomic E-state index is 0.689. The van der Waals surface area contributed by atoms with Crippen LogP contribution in [0.25, 0.3) is 155 Å². The molecule has 69 heavy (non-hydrogen) atoms. The van der Waals surface area contributed by atoms with E-state index in [-0.39, 0.29) is 0 Å². The van der Waals surface area contributed by atoms with Gasteiger partial charge in [-0.2, -0.15) is 0 Å². The van der Waals surface area contributed by atoms with Gasteiger partial charge in [-0.05, 0) is 166 Å². The molecular formula is C66H38N2O. The van der Waals surface area contributed by atoms with Crippen LogP contribution in [0.5, 0.6) is 0 Å². The lowest BCUT2D eigenvalue weighted by Gasteiger charge is -2.12. The fourth-order valence-corrected chi connectivity index (χ4v) is 11.3. The first-order valence-electron chi connectivity index (χ1n) is 23.6. The lowest BCUT2D eigenvalue weighted by atomic mass is 9.94. The van der Waals surface area contributed by atoms with E-state index in [1.807, 2.05) is 6.07 Å². The van der Waals surface area contributed by atoms with Gasteiger partial charge >= 0.3 is 0 Å². The Kier molecular flexibility index (Phi) is 8.07. The maximum Gasteiger partial charge on any atom is 0.160 e. The van der Waals surface area contributed by atoms with Gasteiger partial charge in [0.1, 0.15) is 11.2 Å². The molecule has 0 amide bonds. The number of nitrogens with zero attached hydrogens (tertiary/aromatic N) is 2. The molecule has 318 valence electrons. The van der Waals surface area contributed by atoms with E-state index in [4.69, 9.17) is 14.4 Å². The normalized spacial score (nSPS) is 12.1. The van der Waals surface area contributed by atoms with Crippen LogP contribution in [0.3, 0.4) is 0 Å². The van der Waals surface area contributed by atoms with Crippen LogP contribution in [0.2, 0.25) is 0 Å². The first kappa shape index (κ1) is 38.0. The largest absolute Gasteiger partial charge is 0.456 e. The van der Waals surface area contributed by atoms with Crippen molar-refractivity contribution in [1.29, 1.82) is 0 Å². The molecule has 0 spiro atoms. The van der Waals surface area contributed by atoms with E-state index in [2.05, 4.69) is 224 Å². The third-order valence-corrected chi connectivity index (χ3v) is 14.5. The average molecular weight is 875 g/mol. The van der Waals surface area contributed by atoms with Gasteiger partial charge in [-0.25, -0.2) is 9.97 Å². The Labute approximate surface area is 398 Å². The van der Waals surface area contributed by atoms with Gasteiger partial charge in [0.25, 0.3) is 0 Å². The Balaban J connectivity index is 0.800. The number of aromatic nitrogens is 2. The monoisotopic (exact) mass is 874 g/mol. The van der Waals surface area contributed by atoms with Crippen molar-refractivity contribution in [2.24, 2.45) is 0 Å². The van der Waals surface area contributed by atoms with Crippen molar-refractivity contribution >= 4 is 43.5 Å². The van der Waals surface area contributed by atoms with Gasteiger partial charge < -0.3 is 4.42 Å². The summed E-state index contributed by atoms with van der Waals surface area (Å²) >= 11 is 0. The molecule has 0 aliphatic heterocycles. The molecule has 3 heteroatoms. The SMILES string of the molecule is c1ccc(-c2cc(-c3cc4c5c(cccc5c3)-c3ccccc3-4)nc(-c3cccc(-c4cccc(-c5ccc6oc7ccc(-c8cc9c%10c(cccc%10c8)-c8ccccc8-9)cc7c6c5)c4)c3)n2)cc1. The second-order valence-electron chi connectivity index (χ2n) is 18.5. The first-order valence-corrected chi connectivity index (χ1v) is 23.6. The fraction of sp³-hybridized carbons (Fsp3) is 0. The zero-order valence-corrected chi connectivity index (χ0v) is 37.2. The summed E-state index contributed by atoms with van der Waals surface area (Å²) in [5.74, 6) is 0.689. The summed E-state index contributed by atoms with van der Waals surface area (Å²) in [6.07, 6.45) is 0. The predicted octanol–water partition coefficient (Wildman–Crippen LogP) is 18.0. The average Bonchev–Trinajstić information content (AvgIpc) is 4.07. The standard InChI is InChI=1S/C66H38N2O/c1-2-12-39(13-3-1)60-38-61(49-33-46-18-11-25-55-51-21-5-7-23-53(51)59(37-49)65(46)55)68-66(67-60)47-19-9-16-42(31-47)40-14-8-15-41(30-40)43-26-28-62-56(34-43)57-35-44(27-29-63(57)69-62)48-32-45-17-10-24-54-50-20-4-6-22-52(50)58(36-48)64(45)54/h1-38H. The van der Waals surface area contributed by atoms with E-state index < -0.39 is 0 Å². The van der Waals surface area contributed by atoms with Crippen LogP contribution in [0.4, 0.5) is 0 Å². The summed E-state index contributed by atoms with van der Waals surface area (Å²) in [7, 11) is 0. The second kappa shape index (κ2) is 14.7. The third-order valence-electron chi connectivity index (χ3n) is 14.5. The lowest BCUT2D eigenvalue weighted by Crippen LogP contribution is -1.96. The van der Waals surface area contributed by atoms with E-state index in [9.17, 15) is 0 Å². The number of hydrogen-bond acceptors (Lipinski definition) is 3. The van der Waals surface area contributed by atoms with Gasteiger partial charge in [-0.3, -0.25) is 0 Å². The molecule has 0 saturated carbocycles. The molecule has 0 radical (unpaired) electrons. The van der Waals surface area contributed by atoms with Gasteiger partial charge in [-0.15, -0.1) is 0 Å². The van der Waals surface area contributed by atoms with Crippen LogP contribution >= 0.6 is 0 Å². The summed E-state index contributed by atoms with van der Waals surface area (Å²) in [5, 5.41) is 7.33. The van der Waals surface area contributed by atoms with E-state index in [0.717, 1.165) is 72.3 Å². The highest BCUT2D eigenvalue weighted by Crippen LogP contribution is 2.50. The van der Waals surface area contributed by atoms with Gasteiger partial charge in [-0.1, -0.05) is 164 Å². The van der Waals surface area contributed by atoms with Gasteiger partial charge in [0.05, 0.1) is 11.4 Å². The molecule has 2 heterocycles. The van der Waals surface area contributed by atoms with E-state index >= 15 is 0 Å². The van der Waals surface area contributed by atoms with Crippen molar-refractivity contribution in [3.63, 3.8) is 0 Å². The summed E-state index contributed by atoms with van der Waals surface area (Å²) in [5.41, 5.74) is 23.8. The molecule has 0 unspecified atom stereocenters. The molecule has 11 aromatic carbocycles. The Morgan fingerprint density at radius 2 is 0.667 bits per heavy atom. The highest BCUT2D eigenvalue weighted by molar-refractivity contribution is 6.18. The highest BCUT2D eigenvalue weighted by atomic mass is 16.3. The van der Waals surface area contributed by atoms with Crippen molar-refractivity contribution in [3.05, 3.63) is 231 Å². The van der Waals surface area contributed by atoms with Crippen molar-refractivity contribution < 1.29 is 4.42 Å². The smallest absolute Gasteiger partial charge is 0.160 e. The van der Waals surface area contributed by atoms with E-state index in [0.29, 0.717) is 5.82 Å². The molecular weight excluding hydrogens is 837 g/mol. The Morgan fingerprint density at radius 1 is 0.246 bits per heavy atom. The van der Waals surface area contributed by atoms with Crippen LogP contribution in [-0.2, 0) is 0 Å². The summed E-state index contributed by atoms with van der Waals surface area (Å²) in [6, 6.07) is 83.3. The van der Waals surface area contributed by atoms with Crippen LogP contribution < -0.4 is 0 Å². The third kappa shape index (κ3) is 5.94. The van der Waals surface area contributed by atoms with Crippen molar-refractivity contribution in [2.45, 2.75) is 0 Å². The zero-order valence-electron chi connectivity index (χ0n) is 37.2. The Hall–Kier alpha value is -9.18. The summed E-state index contributed by atoms with van der Waals surface area (Å²) < 4.78 is 6.46. The highest BCUT2D eigenvalue weighted by Gasteiger charge is 2.24. The lowest BCUT2D eigenvalue weighted by molar-refractivity contribution is 0.669. The molecule has 2 aliphatic rings. The van der Waals surface area contributed by atoms with Gasteiger partial charge in [0.2, 0.25) is 0 Å². The van der Waals surface area contributed by atoms with Crippen LogP contribution in [0, 0.1) is 0 Å². The van der Waals surface area contributed by atoms with Crippen LogP contribution in [0.15, 0.2) is 235 Å². The second-order valence-corrected chi connectivity index (χ2v) is 18.5. The quantitative estimate of drug-likeness (QED) is 0.167. The zero-order chi connectivity index (χ0) is 45.2. The number of furan rings is 1. The molecule has 2 aliphatic carbocycles. The Bertz CT molecular complexity index is 4310. The number of fused-ring (bicyclic) bond motifs is 9. The topological polar surface area (TPSA) is 38.9 Å². The molecule has 15 rings (SSSR count). The molecule has 0 bridgehead atoms. The van der Waals surface area contributed by atoms with Gasteiger partial charge in [0, 0.05) is 27.5 Å².